The maximum absolute atomic E-state index is 5.86. The van der Waals surface area contributed by atoms with Gasteiger partial charge in [0, 0.05) is 22.7 Å². The summed E-state index contributed by atoms with van der Waals surface area (Å²) in [5.41, 5.74) is 6.26. The molecular weight excluding hydrogens is 392 g/mol. The monoisotopic (exact) mass is 412 g/mol. The van der Waals surface area contributed by atoms with Crippen LogP contribution >= 0.6 is 11.3 Å². The first-order valence-electron chi connectivity index (χ1n) is 9.77. The van der Waals surface area contributed by atoms with E-state index in [1.165, 1.54) is 0 Å². The van der Waals surface area contributed by atoms with Gasteiger partial charge >= 0.3 is 0 Å². The van der Waals surface area contributed by atoms with E-state index in [9.17, 15) is 0 Å². The Bertz CT molecular complexity index is 1270. The second kappa shape index (κ2) is 8.39. The summed E-state index contributed by atoms with van der Waals surface area (Å²) in [7, 11) is 0. The van der Waals surface area contributed by atoms with E-state index in [1.807, 2.05) is 60.8 Å². The molecule has 0 spiro atoms. The zero-order valence-electron chi connectivity index (χ0n) is 16.2. The Labute approximate surface area is 178 Å². The van der Waals surface area contributed by atoms with Crippen LogP contribution in [-0.2, 0) is 6.54 Å². The van der Waals surface area contributed by atoms with Crippen LogP contribution in [0.2, 0.25) is 0 Å². The second-order valence-electron chi connectivity index (χ2n) is 6.81. The normalized spacial score (nSPS) is 11.5. The summed E-state index contributed by atoms with van der Waals surface area (Å²) in [5.74, 6) is 0.885. The van der Waals surface area contributed by atoms with Gasteiger partial charge < -0.3 is 9.30 Å². The molecule has 0 atom stereocenters. The topological polar surface area (TPSA) is 51.4 Å². The molecular formula is C24H20N4OS. The van der Waals surface area contributed by atoms with Crippen LogP contribution in [0.5, 0.6) is 5.75 Å². The summed E-state index contributed by atoms with van der Waals surface area (Å²) in [6.45, 7) is 1.36. The standard InChI is InChI=1S/C24H20N4OS/c1-2-8-19(9-3-1)29-15-14-28-17-18(20-10-4-6-12-22(20)28)16-25-27-24-26-21-11-5-7-13-23(21)30-24/h1-13,16-17H,14-15H2,(H,26,27). The Morgan fingerprint density at radius 3 is 2.67 bits per heavy atom. The number of ether oxygens (including phenoxy) is 1. The molecule has 148 valence electrons. The zero-order valence-corrected chi connectivity index (χ0v) is 17.0. The molecule has 0 aliphatic carbocycles. The van der Waals surface area contributed by atoms with Gasteiger partial charge in [0.05, 0.1) is 23.0 Å². The minimum absolute atomic E-state index is 0.600. The molecule has 0 aliphatic rings. The number of hydrogen-bond donors (Lipinski definition) is 1. The van der Waals surface area contributed by atoms with Crippen molar-refractivity contribution in [2.75, 3.05) is 12.0 Å². The molecule has 0 fully saturated rings. The molecule has 6 heteroatoms. The minimum atomic E-state index is 0.600. The number of thiazole rings is 1. The summed E-state index contributed by atoms with van der Waals surface area (Å²) in [6.07, 6.45) is 3.96. The van der Waals surface area contributed by atoms with E-state index in [1.54, 1.807) is 11.3 Å². The van der Waals surface area contributed by atoms with Gasteiger partial charge in [0.1, 0.15) is 12.4 Å². The van der Waals surface area contributed by atoms with E-state index >= 15 is 0 Å². The molecule has 30 heavy (non-hydrogen) atoms. The summed E-state index contributed by atoms with van der Waals surface area (Å²) in [4.78, 5) is 4.55. The Morgan fingerprint density at radius 2 is 1.77 bits per heavy atom. The molecule has 2 aromatic heterocycles. The Hall–Kier alpha value is -3.64. The van der Waals surface area contributed by atoms with Crippen LogP contribution in [0, 0.1) is 0 Å². The van der Waals surface area contributed by atoms with Gasteiger partial charge in [-0.1, -0.05) is 59.9 Å². The fourth-order valence-electron chi connectivity index (χ4n) is 3.42. The molecule has 0 saturated heterocycles. The number of rotatable bonds is 7. The number of benzene rings is 3. The molecule has 3 aromatic carbocycles. The largest absolute Gasteiger partial charge is 0.492 e. The number of fused-ring (bicyclic) bond motifs is 2. The lowest BCUT2D eigenvalue weighted by Crippen LogP contribution is -2.07. The first kappa shape index (κ1) is 18.4. The van der Waals surface area contributed by atoms with E-state index in [2.05, 4.69) is 50.5 Å². The minimum Gasteiger partial charge on any atom is -0.492 e. The summed E-state index contributed by atoms with van der Waals surface area (Å²) in [6, 6.07) is 26.3. The number of nitrogens with one attached hydrogen (secondary N) is 1. The second-order valence-corrected chi connectivity index (χ2v) is 7.84. The SMILES string of the molecule is C(=NNc1nc2ccccc2s1)c1cn(CCOc2ccccc2)c2ccccc12. The zero-order chi connectivity index (χ0) is 20.2. The number of aromatic nitrogens is 2. The lowest BCUT2D eigenvalue weighted by atomic mass is 10.2. The average Bonchev–Trinajstić information content (AvgIpc) is 3.36. The van der Waals surface area contributed by atoms with Crippen molar-refractivity contribution in [1.29, 1.82) is 0 Å². The van der Waals surface area contributed by atoms with Crippen LogP contribution < -0.4 is 10.2 Å². The highest BCUT2D eigenvalue weighted by molar-refractivity contribution is 7.22. The van der Waals surface area contributed by atoms with Crippen LogP contribution in [-0.4, -0.2) is 22.4 Å². The van der Waals surface area contributed by atoms with Crippen molar-refractivity contribution in [3.8, 4) is 5.75 Å². The Balaban J connectivity index is 1.32. The third-order valence-corrected chi connectivity index (χ3v) is 5.76. The fourth-order valence-corrected chi connectivity index (χ4v) is 4.23. The molecule has 0 radical (unpaired) electrons. The van der Waals surface area contributed by atoms with Crippen molar-refractivity contribution in [3.05, 3.63) is 90.6 Å². The molecule has 1 N–H and O–H groups in total. The van der Waals surface area contributed by atoms with Gasteiger partial charge in [0.15, 0.2) is 0 Å². The molecule has 5 aromatic rings. The number of anilines is 1. The fraction of sp³-hybridized carbons (Fsp3) is 0.0833. The maximum Gasteiger partial charge on any atom is 0.204 e. The predicted octanol–water partition coefficient (Wildman–Crippen LogP) is 5.78. The molecule has 0 unspecified atom stereocenters. The van der Waals surface area contributed by atoms with Crippen molar-refractivity contribution in [2.45, 2.75) is 6.54 Å². The van der Waals surface area contributed by atoms with Gasteiger partial charge in [-0.3, -0.25) is 5.43 Å². The van der Waals surface area contributed by atoms with E-state index < -0.39 is 0 Å². The third kappa shape index (κ3) is 3.90. The Kier molecular flexibility index (Phi) is 5.14. The third-order valence-electron chi connectivity index (χ3n) is 4.82. The van der Waals surface area contributed by atoms with Crippen molar-refractivity contribution in [2.24, 2.45) is 5.10 Å². The number of hydrogen-bond acceptors (Lipinski definition) is 5. The van der Waals surface area contributed by atoms with Gasteiger partial charge in [-0.05, 0) is 30.3 Å². The van der Waals surface area contributed by atoms with Crippen molar-refractivity contribution >= 4 is 43.8 Å². The van der Waals surface area contributed by atoms with E-state index in [-0.39, 0.29) is 0 Å². The van der Waals surface area contributed by atoms with Gasteiger partial charge in [-0.25, -0.2) is 4.98 Å². The lowest BCUT2D eigenvalue weighted by Gasteiger charge is -2.08. The van der Waals surface area contributed by atoms with Crippen LogP contribution in [0.4, 0.5) is 5.13 Å². The van der Waals surface area contributed by atoms with Crippen molar-refractivity contribution < 1.29 is 4.74 Å². The van der Waals surface area contributed by atoms with Gasteiger partial charge in [-0.15, -0.1) is 0 Å². The lowest BCUT2D eigenvalue weighted by molar-refractivity contribution is 0.300. The molecule has 0 aliphatic heterocycles. The van der Waals surface area contributed by atoms with E-state index in [0.29, 0.717) is 6.61 Å². The van der Waals surface area contributed by atoms with Gasteiger partial charge in [-0.2, -0.15) is 5.10 Å². The molecule has 2 heterocycles. The smallest absolute Gasteiger partial charge is 0.204 e. The van der Waals surface area contributed by atoms with Crippen LogP contribution in [0.25, 0.3) is 21.1 Å². The van der Waals surface area contributed by atoms with E-state index in [4.69, 9.17) is 4.74 Å². The molecule has 0 amide bonds. The molecule has 0 saturated carbocycles. The van der Waals surface area contributed by atoms with Crippen LogP contribution in [0.15, 0.2) is 90.2 Å². The first-order valence-corrected chi connectivity index (χ1v) is 10.6. The van der Waals surface area contributed by atoms with E-state index in [0.717, 1.165) is 44.1 Å². The summed E-state index contributed by atoms with van der Waals surface area (Å²) in [5, 5.41) is 6.37. The number of para-hydroxylation sites is 3. The van der Waals surface area contributed by atoms with Crippen molar-refractivity contribution in [1.82, 2.24) is 9.55 Å². The molecule has 5 nitrogen and oxygen atoms in total. The summed E-state index contributed by atoms with van der Waals surface area (Å²) < 4.78 is 9.21. The highest BCUT2D eigenvalue weighted by atomic mass is 32.1. The highest BCUT2D eigenvalue weighted by Gasteiger charge is 2.07. The predicted molar refractivity (Wildman–Crippen MR) is 125 cm³/mol. The number of nitrogens with zero attached hydrogens (tertiary/aromatic N) is 3. The average molecular weight is 413 g/mol. The molecule has 0 bridgehead atoms. The van der Waals surface area contributed by atoms with Crippen molar-refractivity contribution in [3.63, 3.8) is 0 Å². The summed E-state index contributed by atoms with van der Waals surface area (Å²) >= 11 is 1.59. The van der Waals surface area contributed by atoms with Gasteiger partial charge in [0.25, 0.3) is 0 Å². The van der Waals surface area contributed by atoms with Crippen LogP contribution in [0.1, 0.15) is 5.56 Å². The maximum atomic E-state index is 5.86. The number of hydrazone groups is 1. The Morgan fingerprint density at radius 1 is 0.967 bits per heavy atom. The van der Waals surface area contributed by atoms with Gasteiger partial charge in [0.2, 0.25) is 5.13 Å². The highest BCUT2D eigenvalue weighted by Crippen LogP contribution is 2.25. The van der Waals surface area contributed by atoms with Crippen LogP contribution in [0.3, 0.4) is 0 Å². The molecule has 5 rings (SSSR count). The quantitative estimate of drug-likeness (QED) is 0.272. The first-order chi connectivity index (χ1) is 14.9.